The lowest BCUT2D eigenvalue weighted by molar-refractivity contribution is 0.248. The maximum Gasteiger partial charge on any atom is 0.319 e. The SMILES string of the molecule is CN1CC[C@@H](NC(=O)Nc2ccccc2)C1. The standard InChI is InChI=1S/C12H17N3O/c1-15-8-7-11(9-15)14-12(16)13-10-5-3-2-4-6-10/h2-6,11H,7-9H2,1H3,(H2,13,14,16)/t11-/m1/s1. The lowest BCUT2D eigenvalue weighted by atomic mass is 10.3. The van der Waals surface area contributed by atoms with E-state index in [4.69, 9.17) is 0 Å². The molecule has 86 valence electrons. The normalized spacial score (nSPS) is 20.7. The van der Waals surface area contributed by atoms with Crippen LogP contribution in [-0.2, 0) is 0 Å². The van der Waals surface area contributed by atoms with Crippen LogP contribution in [0.2, 0.25) is 0 Å². The predicted octanol–water partition coefficient (Wildman–Crippen LogP) is 1.51. The number of benzene rings is 1. The first-order valence-corrected chi connectivity index (χ1v) is 5.55. The summed E-state index contributed by atoms with van der Waals surface area (Å²) in [6.45, 7) is 1.98. The van der Waals surface area contributed by atoms with Gasteiger partial charge in [-0.2, -0.15) is 0 Å². The van der Waals surface area contributed by atoms with Gasteiger partial charge in [0, 0.05) is 18.3 Å². The van der Waals surface area contributed by atoms with Crippen molar-refractivity contribution in [3.8, 4) is 0 Å². The van der Waals surface area contributed by atoms with Crippen molar-refractivity contribution in [3.63, 3.8) is 0 Å². The van der Waals surface area contributed by atoms with Crippen molar-refractivity contribution in [1.82, 2.24) is 10.2 Å². The first-order chi connectivity index (χ1) is 7.74. The molecule has 2 rings (SSSR count). The number of likely N-dealkylation sites (N-methyl/N-ethyl adjacent to an activating group) is 1. The van der Waals surface area contributed by atoms with Crippen LogP contribution >= 0.6 is 0 Å². The highest BCUT2D eigenvalue weighted by Gasteiger charge is 2.20. The van der Waals surface area contributed by atoms with Gasteiger partial charge in [-0.25, -0.2) is 4.79 Å². The highest BCUT2D eigenvalue weighted by Crippen LogP contribution is 2.08. The molecule has 0 radical (unpaired) electrons. The second-order valence-corrected chi connectivity index (χ2v) is 4.21. The molecule has 2 amide bonds. The lowest BCUT2D eigenvalue weighted by Crippen LogP contribution is -2.39. The minimum absolute atomic E-state index is 0.119. The topological polar surface area (TPSA) is 44.4 Å². The van der Waals surface area contributed by atoms with Gasteiger partial charge in [0.1, 0.15) is 0 Å². The number of nitrogens with one attached hydrogen (secondary N) is 2. The summed E-state index contributed by atoms with van der Waals surface area (Å²) in [6.07, 6.45) is 1.03. The Hall–Kier alpha value is -1.55. The van der Waals surface area contributed by atoms with Crippen molar-refractivity contribution in [1.29, 1.82) is 0 Å². The zero-order valence-corrected chi connectivity index (χ0v) is 9.44. The van der Waals surface area contributed by atoms with Crippen LogP contribution < -0.4 is 10.6 Å². The molecule has 1 fully saturated rings. The van der Waals surface area contributed by atoms with Gasteiger partial charge in [-0.1, -0.05) is 18.2 Å². The molecule has 1 atom stereocenters. The summed E-state index contributed by atoms with van der Waals surface area (Å²) in [6, 6.07) is 9.63. The first-order valence-electron chi connectivity index (χ1n) is 5.55. The number of anilines is 1. The summed E-state index contributed by atoms with van der Waals surface area (Å²) in [4.78, 5) is 13.9. The molecule has 4 nitrogen and oxygen atoms in total. The first kappa shape index (κ1) is 11.0. The van der Waals surface area contributed by atoms with Crippen molar-refractivity contribution < 1.29 is 4.79 Å². The zero-order chi connectivity index (χ0) is 11.4. The van der Waals surface area contributed by atoms with Gasteiger partial charge in [-0.05, 0) is 32.1 Å². The Morgan fingerprint density at radius 1 is 1.38 bits per heavy atom. The Balaban J connectivity index is 1.81. The average molecular weight is 219 g/mol. The number of carbonyl (C=O) groups is 1. The van der Waals surface area contributed by atoms with Crippen molar-refractivity contribution in [2.24, 2.45) is 0 Å². The van der Waals surface area contributed by atoms with Gasteiger partial charge in [0.05, 0.1) is 0 Å². The molecule has 2 N–H and O–H groups in total. The Labute approximate surface area is 95.6 Å². The van der Waals surface area contributed by atoms with Gasteiger partial charge in [0.25, 0.3) is 0 Å². The third-order valence-corrected chi connectivity index (χ3v) is 2.76. The molecular weight excluding hydrogens is 202 g/mol. The second kappa shape index (κ2) is 4.99. The summed E-state index contributed by atoms with van der Waals surface area (Å²) in [5.74, 6) is 0. The molecule has 0 spiro atoms. The van der Waals surface area contributed by atoms with E-state index in [1.165, 1.54) is 0 Å². The summed E-state index contributed by atoms with van der Waals surface area (Å²) in [7, 11) is 2.07. The fourth-order valence-electron chi connectivity index (χ4n) is 1.93. The van der Waals surface area contributed by atoms with Gasteiger partial charge in [-0.3, -0.25) is 0 Å². The summed E-state index contributed by atoms with van der Waals surface area (Å²) in [5.41, 5.74) is 0.825. The molecule has 1 aromatic rings. The third kappa shape index (κ3) is 2.97. The van der Waals surface area contributed by atoms with E-state index in [-0.39, 0.29) is 12.1 Å². The molecule has 1 aliphatic heterocycles. The van der Waals surface area contributed by atoms with Crippen LogP contribution in [0.25, 0.3) is 0 Å². The van der Waals surface area contributed by atoms with Crippen LogP contribution in [0.15, 0.2) is 30.3 Å². The molecule has 0 unspecified atom stereocenters. The van der Waals surface area contributed by atoms with E-state index >= 15 is 0 Å². The van der Waals surface area contributed by atoms with E-state index < -0.39 is 0 Å². The van der Waals surface area contributed by atoms with Crippen molar-refractivity contribution in [3.05, 3.63) is 30.3 Å². The van der Waals surface area contributed by atoms with Crippen LogP contribution in [0, 0.1) is 0 Å². The quantitative estimate of drug-likeness (QED) is 0.792. The number of likely N-dealkylation sites (tertiary alicyclic amines) is 1. The maximum atomic E-state index is 11.6. The molecule has 0 bridgehead atoms. The Morgan fingerprint density at radius 2 is 2.12 bits per heavy atom. The molecule has 16 heavy (non-hydrogen) atoms. The minimum atomic E-state index is -0.119. The number of para-hydroxylation sites is 1. The molecule has 0 aromatic heterocycles. The maximum absolute atomic E-state index is 11.6. The van der Waals surface area contributed by atoms with Gasteiger partial charge in [0.2, 0.25) is 0 Å². The van der Waals surface area contributed by atoms with Gasteiger partial charge < -0.3 is 15.5 Å². The largest absolute Gasteiger partial charge is 0.334 e. The molecule has 4 heteroatoms. The van der Waals surface area contributed by atoms with E-state index in [0.717, 1.165) is 25.2 Å². The summed E-state index contributed by atoms with van der Waals surface area (Å²) >= 11 is 0. The van der Waals surface area contributed by atoms with Crippen LogP contribution in [-0.4, -0.2) is 37.1 Å². The number of nitrogens with zero attached hydrogens (tertiary/aromatic N) is 1. The van der Waals surface area contributed by atoms with E-state index in [9.17, 15) is 4.79 Å². The third-order valence-electron chi connectivity index (χ3n) is 2.76. The Bertz CT molecular complexity index is 353. The number of carbonyl (C=O) groups excluding carboxylic acids is 1. The van der Waals surface area contributed by atoms with Crippen molar-refractivity contribution in [2.45, 2.75) is 12.5 Å². The van der Waals surface area contributed by atoms with Gasteiger partial charge >= 0.3 is 6.03 Å². The predicted molar refractivity (Wildman–Crippen MR) is 64.5 cm³/mol. The minimum Gasteiger partial charge on any atom is -0.334 e. The van der Waals surface area contributed by atoms with Crippen LogP contribution in [0.1, 0.15) is 6.42 Å². The molecule has 1 aliphatic rings. The highest BCUT2D eigenvalue weighted by atomic mass is 16.2. The number of amides is 2. The number of hydrogen-bond acceptors (Lipinski definition) is 2. The summed E-state index contributed by atoms with van der Waals surface area (Å²) in [5, 5.41) is 5.78. The fourth-order valence-corrected chi connectivity index (χ4v) is 1.93. The van der Waals surface area contributed by atoms with Crippen LogP contribution in [0.3, 0.4) is 0 Å². The van der Waals surface area contributed by atoms with E-state index in [0.29, 0.717) is 0 Å². The molecule has 0 aliphatic carbocycles. The van der Waals surface area contributed by atoms with Gasteiger partial charge in [0.15, 0.2) is 0 Å². The number of urea groups is 1. The molecule has 1 saturated heterocycles. The molecule has 1 heterocycles. The number of rotatable bonds is 2. The molecule has 0 saturated carbocycles. The van der Waals surface area contributed by atoms with Gasteiger partial charge in [-0.15, -0.1) is 0 Å². The monoisotopic (exact) mass is 219 g/mol. The molecule has 1 aromatic carbocycles. The lowest BCUT2D eigenvalue weighted by Gasteiger charge is -2.13. The van der Waals surface area contributed by atoms with E-state index in [2.05, 4.69) is 22.6 Å². The average Bonchev–Trinajstić information content (AvgIpc) is 2.65. The zero-order valence-electron chi connectivity index (χ0n) is 9.44. The highest BCUT2D eigenvalue weighted by molar-refractivity contribution is 5.89. The smallest absolute Gasteiger partial charge is 0.319 e. The Morgan fingerprint density at radius 3 is 2.75 bits per heavy atom. The van der Waals surface area contributed by atoms with Crippen molar-refractivity contribution in [2.75, 3.05) is 25.5 Å². The molecular formula is C12H17N3O. The summed E-state index contributed by atoms with van der Waals surface area (Å²) < 4.78 is 0. The fraction of sp³-hybridized carbons (Fsp3) is 0.417. The van der Waals surface area contributed by atoms with E-state index in [1.54, 1.807) is 0 Å². The van der Waals surface area contributed by atoms with Crippen molar-refractivity contribution >= 4 is 11.7 Å². The Kier molecular flexibility index (Phi) is 3.41. The van der Waals surface area contributed by atoms with Crippen LogP contribution in [0.4, 0.5) is 10.5 Å². The number of hydrogen-bond donors (Lipinski definition) is 2. The second-order valence-electron chi connectivity index (χ2n) is 4.21. The van der Waals surface area contributed by atoms with E-state index in [1.807, 2.05) is 30.3 Å². The van der Waals surface area contributed by atoms with Crippen LogP contribution in [0.5, 0.6) is 0 Å².